The summed E-state index contributed by atoms with van der Waals surface area (Å²) in [5.74, 6) is -0.464. The number of nitrogens with zero attached hydrogens (tertiary/aromatic N) is 3. The van der Waals surface area contributed by atoms with E-state index in [1.807, 2.05) is 53.8 Å². The number of rotatable bonds is 12. The third kappa shape index (κ3) is 7.48. The number of imidazole rings is 1. The molecule has 1 aromatic heterocycles. The van der Waals surface area contributed by atoms with E-state index in [2.05, 4.69) is 16.0 Å². The number of hydrogen-bond donors (Lipinski definition) is 4. The van der Waals surface area contributed by atoms with Gasteiger partial charge in [0.2, 0.25) is 5.91 Å². The first kappa shape index (κ1) is 33.1. The number of fused-ring (bicyclic) bond motifs is 1. The first-order chi connectivity index (χ1) is 21.5. The van der Waals surface area contributed by atoms with Crippen molar-refractivity contribution in [2.75, 3.05) is 38.7 Å². The third-order valence-electron chi connectivity index (χ3n) is 8.11. The van der Waals surface area contributed by atoms with Crippen LogP contribution >= 0.6 is 0 Å². The summed E-state index contributed by atoms with van der Waals surface area (Å²) >= 11 is 0. The number of ketones is 1. The molecular formula is C32H41N7O6. The lowest BCUT2D eigenvalue weighted by molar-refractivity contribution is -0.147. The van der Waals surface area contributed by atoms with Gasteiger partial charge in [-0.1, -0.05) is 6.07 Å². The number of nitrogens with one attached hydrogen (secondary N) is 4. The predicted molar refractivity (Wildman–Crippen MR) is 169 cm³/mol. The van der Waals surface area contributed by atoms with Crippen LogP contribution in [0.4, 0.5) is 10.5 Å². The number of benzene rings is 2. The average Bonchev–Trinajstić information content (AvgIpc) is 3.67. The molecular weight excluding hydrogens is 578 g/mol. The number of carbonyl (C=O) groups is 4. The molecule has 3 aromatic rings. The number of hydrogen-bond acceptors (Lipinski definition) is 10. The standard InChI is InChI=1S/C32H41N7O6/c1-6-45-31(43)37-28(33)21-9-12-23(13-10-21)34-18-26-36-24-17-22(11-14-25(24)38(26)4)32(3,30(42)39-15-7-8-16-39)19-35-27(20(2)40)29(41)44-5/h9-14,17,27,34-35H,6-8,15-16,18-19H2,1-5H3,(H2,33,37,43). The smallest absolute Gasteiger partial charge is 0.412 e. The Hall–Kier alpha value is -4.78. The maximum absolute atomic E-state index is 13.9. The Morgan fingerprint density at radius 3 is 2.40 bits per heavy atom. The molecule has 1 aliphatic rings. The number of Topliss-reactive ketones (excluding diaryl/α,β-unsaturated/α-hetero) is 1. The molecule has 4 N–H and O–H groups in total. The van der Waals surface area contributed by atoms with Gasteiger partial charge in [0.15, 0.2) is 11.8 Å². The quantitative estimate of drug-likeness (QED) is 0.103. The minimum absolute atomic E-state index is 0.0528. The van der Waals surface area contributed by atoms with Crippen molar-refractivity contribution < 1.29 is 28.7 Å². The number of amidine groups is 1. The van der Waals surface area contributed by atoms with Crippen LogP contribution in [0.25, 0.3) is 11.0 Å². The minimum Gasteiger partial charge on any atom is -0.468 e. The zero-order valence-corrected chi connectivity index (χ0v) is 26.4. The van der Waals surface area contributed by atoms with E-state index in [4.69, 9.17) is 19.9 Å². The molecule has 45 heavy (non-hydrogen) atoms. The molecule has 2 amide bonds. The van der Waals surface area contributed by atoms with Gasteiger partial charge < -0.3 is 24.3 Å². The topological polar surface area (TPSA) is 168 Å². The van der Waals surface area contributed by atoms with E-state index in [-0.39, 0.29) is 24.9 Å². The summed E-state index contributed by atoms with van der Waals surface area (Å²) in [5.41, 5.74) is 2.57. The SMILES string of the molecule is CCOC(=O)NC(=N)c1ccc(NCc2nc3cc(C(C)(CNC(C(C)=O)C(=O)OC)C(=O)N4CCCC4)ccc3n2C)cc1. The Kier molecular flexibility index (Phi) is 10.6. The van der Waals surface area contributed by atoms with Crippen LogP contribution in [0.3, 0.4) is 0 Å². The van der Waals surface area contributed by atoms with Crippen LogP contribution in [-0.2, 0) is 42.9 Å². The Bertz CT molecular complexity index is 1580. The van der Waals surface area contributed by atoms with Crippen LogP contribution in [0.1, 0.15) is 50.6 Å². The molecule has 2 unspecified atom stereocenters. The van der Waals surface area contributed by atoms with E-state index in [0.717, 1.165) is 35.4 Å². The second-order valence-electron chi connectivity index (χ2n) is 11.2. The molecule has 0 saturated carbocycles. The van der Waals surface area contributed by atoms with E-state index in [1.165, 1.54) is 14.0 Å². The number of ether oxygens (including phenoxy) is 2. The lowest BCUT2D eigenvalue weighted by Gasteiger charge is -2.34. The third-order valence-corrected chi connectivity index (χ3v) is 8.11. The number of likely N-dealkylation sites (tertiary alicyclic amines) is 1. The second-order valence-corrected chi connectivity index (χ2v) is 11.2. The molecule has 0 aliphatic carbocycles. The van der Waals surface area contributed by atoms with Crippen molar-refractivity contribution in [3.05, 3.63) is 59.4 Å². The highest BCUT2D eigenvalue weighted by Crippen LogP contribution is 2.31. The number of esters is 1. The number of methoxy groups -OCH3 is 1. The highest BCUT2D eigenvalue weighted by Gasteiger charge is 2.41. The van der Waals surface area contributed by atoms with Gasteiger partial charge in [-0.05, 0) is 75.6 Å². The van der Waals surface area contributed by atoms with Gasteiger partial charge in [-0.3, -0.25) is 25.6 Å². The lowest BCUT2D eigenvalue weighted by atomic mass is 9.80. The zero-order chi connectivity index (χ0) is 32.7. The first-order valence-electron chi connectivity index (χ1n) is 14.9. The zero-order valence-electron chi connectivity index (χ0n) is 26.4. The number of aryl methyl sites for hydroxylation is 1. The van der Waals surface area contributed by atoms with Gasteiger partial charge >= 0.3 is 12.1 Å². The van der Waals surface area contributed by atoms with Crippen LogP contribution in [0.15, 0.2) is 42.5 Å². The van der Waals surface area contributed by atoms with E-state index in [1.54, 1.807) is 19.1 Å². The predicted octanol–water partition coefficient (Wildman–Crippen LogP) is 2.86. The van der Waals surface area contributed by atoms with Gasteiger partial charge in [0.1, 0.15) is 11.7 Å². The molecule has 4 rings (SSSR count). The van der Waals surface area contributed by atoms with E-state index >= 15 is 0 Å². The second kappa shape index (κ2) is 14.3. The fourth-order valence-electron chi connectivity index (χ4n) is 5.42. The van der Waals surface area contributed by atoms with Gasteiger partial charge in [-0.25, -0.2) is 14.6 Å². The molecule has 0 spiro atoms. The molecule has 0 bridgehead atoms. The minimum atomic E-state index is -1.18. The highest BCUT2D eigenvalue weighted by molar-refractivity contribution is 6.04. The molecule has 1 saturated heterocycles. The van der Waals surface area contributed by atoms with Crippen LogP contribution < -0.4 is 16.0 Å². The van der Waals surface area contributed by atoms with Crippen molar-refractivity contribution in [1.82, 2.24) is 25.1 Å². The average molecular weight is 620 g/mol. The summed E-state index contributed by atoms with van der Waals surface area (Å²) in [4.78, 5) is 56.7. The lowest BCUT2D eigenvalue weighted by Crippen LogP contribution is -2.54. The fourth-order valence-corrected chi connectivity index (χ4v) is 5.42. The summed E-state index contributed by atoms with van der Waals surface area (Å²) in [7, 11) is 3.14. The van der Waals surface area contributed by atoms with Crippen LogP contribution in [0.5, 0.6) is 0 Å². The van der Waals surface area contributed by atoms with Crippen LogP contribution in [0, 0.1) is 5.41 Å². The number of aromatic nitrogens is 2. The van der Waals surface area contributed by atoms with Crippen molar-refractivity contribution in [3.8, 4) is 0 Å². The first-order valence-corrected chi connectivity index (χ1v) is 14.9. The summed E-state index contributed by atoms with van der Waals surface area (Å²) in [6.07, 6.45) is 1.19. The number of anilines is 1. The summed E-state index contributed by atoms with van der Waals surface area (Å²) < 4.78 is 11.6. The van der Waals surface area contributed by atoms with E-state index in [9.17, 15) is 19.2 Å². The summed E-state index contributed by atoms with van der Waals surface area (Å²) in [6, 6.07) is 11.6. The van der Waals surface area contributed by atoms with Gasteiger partial charge in [-0.2, -0.15) is 0 Å². The Morgan fingerprint density at radius 1 is 1.09 bits per heavy atom. The molecule has 2 atom stereocenters. The van der Waals surface area contributed by atoms with E-state index in [0.29, 0.717) is 30.7 Å². The highest BCUT2D eigenvalue weighted by atomic mass is 16.5. The van der Waals surface area contributed by atoms with Crippen molar-refractivity contribution in [2.45, 2.75) is 51.6 Å². The Labute approximate surface area is 262 Å². The van der Waals surface area contributed by atoms with Crippen LogP contribution in [-0.4, -0.2) is 83.4 Å². The Balaban J connectivity index is 1.54. The summed E-state index contributed by atoms with van der Waals surface area (Å²) in [5, 5.41) is 16.8. The van der Waals surface area contributed by atoms with Gasteiger partial charge in [0.25, 0.3) is 0 Å². The monoisotopic (exact) mass is 619 g/mol. The summed E-state index contributed by atoms with van der Waals surface area (Å²) in [6.45, 7) is 6.83. The molecule has 0 radical (unpaired) electrons. The fraction of sp³-hybridized carbons (Fsp3) is 0.438. The van der Waals surface area contributed by atoms with Gasteiger partial charge in [0, 0.05) is 37.9 Å². The molecule has 1 fully saturated rings. The molecule has 1 aliphatic heterocycles. The van der Waals surface area contributed by atoms with Crippen molar-refractivity contribution in [1.29, 1.82) is 5.41 Å². The van der Waals surface area contributed by atoms with Gasteiger partial charge in [0.05, 0.1) is 36.7 Å². The number of carbonyl (C=O) groups excluding carboxylic acids is 4. The molecule has 2 aromatic carbocycles. The molecule has 2 heterocycles. The normalized spacial score (nSPS) is 14.8. The van der Waals surface area contributed by atoms with Crippen molar-refractivity contribution in [2.24, 2.45) is 7.05 Å². The van der Waals surface area contributed by atoms with Crippen LogP contribution in [0.2, 0.25) is 0 Å². The van der Waals surface area contributed by atoms with Crippen molar-refractivity contribution >= 4 is 46.3 Å². The molecule has 240 valence electrons. The number of amides is 2. The maximum Gasteiger partial charge on any atom is 0.412 e. The van der Waals surface area contributed by atoms with Crippen molar-refractivity contribution in [3.63, 3.8) is 0 Å². The molecule has 13 nitrogen and oxygen atoms in total. The molecule has 13 heteroatoms. The Morgan fingerprint density at radius 2 is 1.78 bits per heavy atom. The van der Waals surface area contributed by atoms with Gasteiger partial charge in [-0.15, -0.1) is 0 Å². The maximum atomic E-state index is 13.9. The van der Waals surface area contributed by atoms with E-state index < -0.39 is 29.3 Å². The number of alkyl carbamates (subject to hydrolysis) is 1. The largest absolute Gasteiger partial charge is 0.468 e.